The van der Waals surface area contributed by atoms with E-state index in [1.807, 2.05) is 35.9 Å². The smallest absolute Gasteiger partial charge is 0.339 e. The Kier molecular flexibility index (Phi) is 3.65. The average molecular weight is 323 g/mol. The molecular weight excluding hydrogens is 306 g/mol. The molecule has 1 aliphatic rings. The summed E-state index contributed by atoms with van der Waals surface area (Å²) >= 11 is 0. The zero-order valence-corrected chi connectivity index (χ0v) is 13.3. The maximum absolute atomic E-state index is 12.3. The maximum Gasteiger partial charge on any atom is 0.339 e. The first-order valence-electron chi connectivity index (χ1n) is 7.88. The van der Waals surface area contributed by atoms with Crippen molar-refractivity contribution >= 4 is 17.1 Å². The van der Waals surface area contributed by atoms with Crippen molar-refractivity contribution in [2.24, 2.45) is 7.05 Å². The molecule has 4 rings (SSSR count). The van der Waals surface area contributed by atoms with Gasteiger partial charge < -0.3 is 14.0 Å². The summed E-state index contributed by atoms with van der Waals surface area (Å²) in [6, 6.07) is 9.60. The normalized spacial score (nSPS) is 16.5. The molecule has 0 aliphatic carbocycles. The zero-order valence-electron chi connectivity index (χ0n) is 13.3. The third kappa shape index (κ3) is 2.60. The van der Waals surface area contributed by atoms with Crippen LogP contribution in [0.2, 0.25) is 0 Å². The summed E-state index contributed by atoms with van der Waals surface area (Å²) < 4.78 is 13.0. The van der Waals surface area contributed by atoms with Crippen LogP contribution in [0.5, 0.6) is 5.75 Å². The van der Waals surface area contributed by atoms with Gasteiger partial charge in [-0.2, -0.15) is 0 Å². The fourth-order valence-electron chi connectivity index (χ4n) is 2.98. The summed E-state index contributed by atoms with van der Waals surface area (Å²) in [5.41, 5.74) is 2.93. The van der Waals surface area contributed by atoms with Crippen LogP contribution in [-0.4, -0.2) is 33.7 Å². The second-order valence-electron chi connectivity index (χ2n) is 5.89. The Bertz CT molecular complexity index is 903. The molecule has 3 heterocycles. The predicted octanol–water partition coefficient (Wildman–Crippen LogP) is 2.69. The molecule has 0 radical (unpaired) electrons. The van der Waals surface area contributed by atoms with Gasteiger partial charge in [0, 0.05) is 24.7 Å². The first kappa shape index (κ1) is 14.7. The van der Waals surface area contributed by atoms with Crippen molar-refractivity contribution in [2.45, 2.75) is 12.3 Å². The molecule has 6 nitrogen and oxygen atoms in total. The van der Waals surface area contributed by atoms with Gasteiger partial charge in [0.25, 0.3) is 0 Å². The number of hydrogen-bond donors (Lipinski definition) is 0. The van der Waals surface area contributed by atoms with Crippen LogP contribution in [0, 0.1) is 0 Å². The lowest BCUT2D eigenvalue weighted by Gasteiger charge is -2.25. The summed E-state index contributed by atoms with van der Waals surface area (Å²) in [7, 11) is 1.86. The molecule has 122 valence electrons. The van der Waals surface area contributed by atoms with E-state index in [9.17, 15) is 4.79 Å². The minimum Gasteiger partial charge on any atom is -0.493 e. The van der Waals surface area contributed by atoms with Crippen molar-refractivity contribution in [3.63, 3.8) is 0 Å². The molecule has 0 saturated carbocycles. The number of rotatable bonds is 3. The van der Waals surface area contributed by atoms with Crippen LogP contribution in [0.3, 0.4) is 0 Å². The van der Waals surface area contributed by atoms with Gasteiger partial charge in [-0.15, -0.1) is 0 Å². The fraction of sp³-hybridized carbons (Fsp3) is 0.278. The summed E-state index contributed by atoms with van der Waals surface area (Å²) in [5.74, 6) is 0.658. The third-order valence-electron chi connectivity index (χ3n) is 4.29. The van der Waals surface area contributed by atoms with Gasteiger partial charge in [-0.05, 0) is 18.6 Å². The van der Waals surface area contributed by atoms with E-state index in [2.05, 4.69) is 9.97 Å². The Morgan fingerprint density at radius 1 is 1.38 bits per heavy atom. The number of benzene rings is 1. The van der Waals surface area contributed by atoms with E-state index < -0.39 is 0 Å². The number of fused-ring (bicyclic) bond motifs is 2. The van der Waals surface area contributed by atoms with Gasteiger partial charge in [0.2, 0.25) is 0 Å². The van der Waals surface area contributed by atoms with E-state index >= 15 is 0 Å². The van der Waals surface area contributed by atoms with Crippen LogP contribution >= 0.6 is 0 Å². The van der Waals surface area contributed by atoms with Gasteiger partial charge in [0.1, 0.15) is 11.3 Å². The molecule has 1 atom stereocenters. The van der Waals surface area contributed by atoms with Crippen LogP contribution in [0.1, 0.15) is 28.3 Å². The van der Waals surface area contributed by atoms with Gasteiger partial charge >= 0.3 is 5.97 Å². The van der Waals surface area contributed by atoms with Crippen LogP contribution < -0.4 is 4.74 Å². The first-order chi connectivity index (χ1) is 11.7. The van der Waals surface area contributed by atoms with Crippen molar-refractivity contribution in [1.82, 2.24) is 14.5 Å². The molecule has 1 aliphatic heterocycles. The SMILES string of the molecule is Cn1cnc2cc(C(=O)OC[C@@H]3CCOc4ccccc43)cnc21. The highest BCUT2D eigenvalue weighted by molar-refractivity contribution is 5.92. The van der Waals surface area contributed by atoms with Gasteiger partial charge in [-0.3, -0.25) is 0 Å². The molecule has 3 aromatic rings. The molecule has 1 aromatic carbocycles. The molecule has 0 amide bonds. The second kappa shape index (κ2) is 5.96. The van der Waals surface area contributed by atoms with Crippen molar-refractivity contribution in [3.8, 4) is 5.75 Å². The predicted molar refractivity (Wildman–Crippen MR) is 88.1 cm³/mol. The Morgan fingerprint density at radius 3 is 3.17 bits per heavy atom. The molecule has 0 bridgehead atoms. The van der Waals surface area contributed by atoms with Crippen LogP contribution in [-0.2, 0) is 11.8 Å². The Balaban J connectivity index is 1.48. The highest BCUT2D eigenvalue weighted by atomic mass is 16.5. The quantitative estimate of drug-likeness (QED) is 0.693. The molecule has 24 heavy (non-hydrogen) atoms. The topological polar surface area (TPSA) is 66.2 Å². The van der Waals surface area contributed by atoms with Crippen LogP contribution in [0.4, 0.5) is 0 Å². The lowest BCUT2D eigenvalue weighted by Crippen LogP contribution is -2.20. The summed E-state index contributed by atoms with van der Waals surface area (Å²) in [6.07, 6.45) is 4.04. The van der Waals surface area contributed by atoms with Crippen molar-refractivity contribution in [3.05, 3.63) is 54.0 Å². The minimum absolute atomic E-state index is 0.158. The highest BCUT2D eigenvalue weighted by Gasteiger charge is 2.23. The van der Waals surface area contributed by atoms with Crippen molar-refractivity contribution in [2.75, 3.05) is 13.2 Å². The van der Waals surface area contributed by atoms with Crippen molar-refractivity contribution < 1.29 is 14.3 Å². The first-order valence-corrected chi connectivity index (χ1v) is 7.88. The largest absolute Gasteiger partial charge is 0.493 e. The Labute approximate surface area is 139 Å². The monoisotopic (exact) mass is 323 g/mol. The molecule has 6 heteroatoms. The van der Waals surface area contributed by atoms with Gasteiger partial charge in [-0.1, -0.05) is 18.2 Å². The molecule has 0 fully saturated rings. The summed E-state index contributed by atoms with van der Waals surface area (Å²) in [4.78, 5) is 20.8. The van der Waals surface area contributed by atoms with Gasteiger partial charge in [0.05, 0.1) is 25.1 Å². The lowest BCUT2D eigenvalue weighted by atomic mass is 9.94. The standard InChI is InChI=1S/C18H17N3O3/c1-21-11-20-15-8-13(9-19-17(15)21)18(22)24-10-12-6-7-23-16-5-3-2-4-14(12)16/h2-5,8-9,11-12H,6-7,10H2,1H3/t12-/m0/s1. The number of para-hydroxylation sites is 1. The highest BCUT2D eigenvalue weighted by Crippen LogP contribution is 2.33. The average Bonchev–Trinajstić information content (AvgIpc) is 3.00. The summed E-state index contributed by atoms with van der Waals surface area (Å²) in [5, 5.41) is 0. The number of aromatic nitrogens is 3. The molecule has 0 N–H and O–H groups in total. The number of aryl methyl sites for hydroxylation is 1. The molecule has 0 saturated heterocycles. The van der Waals surface area contributed by atoms with E-state index in [0.717, 1.165) is 23.4 Å². The Hall–Kier alpha value is -2.89. The number of imidazole rings is 1. The number of pyridine rings is 1. The molecule has 0 unspecified atom stereocenters. The van der Waals surface area contributed by atoms with Crippen LogP contribution in [0.15, 0.2) is 42.9 Å². The number of hydrogen-bond acceptors (Lipinski definition) is 5. The van der Waals surface area contributed by atoms with Crippen molar-refractivity contribution in [1.29, 1.82) is 0 Å². The lowest BCUT2D eigenvalue weighted by molar-refractivity contribution is 0.0459. The van der Waals surface area contributed by atoms with Crippen LogP contribution in [0.25, 0.3) is 11.2 Å². The molecule has 0 spiro atoms. The number of nitrogens with zero attached hydrogens (tertiary/aromatic N) is 3. The number of carbonyl (C=O) groups is 1. The third-order valence-corrected chi connectivity index (χ3v) is 4.29. The van der Waals surface area contributed by atoms with E-state index in [-0.39, 0.29) is 11.9 Å². The van der Waals surface area contributed by atoms with E-state index in [1.165, 1.54) is 6.20 Å². The van der Waals surface area contributed by atoms with Gasteiger partial charge in [-0.25, -0.2) is 14.8 Å². The second-order valence-corrected chi connectivity index (χ2v) is 5.89. The molecular formula is C18H17N3O3. The minimum atomic E-state index is -0.376. The maximum atomic E-state index is 12.3. The Morgan fingerprint density at radius 2 is 2.25 bits per heavy atom. The van der Waals surface area contributed by atoms with E-state index in [1.54, 1.807) is 12.4 Å². The fourth-order valence-corrected chi connectivity index (χ4v) is 2.98. The van der Waals surface area contributed by atoms with E-state index in [4.69, 9.17) is 9.47 Å². The number of carbonyl (C=O) groups excluding carboxylic acids is 1. The number of ether oxygens (including phenoxy) is 2. The zero-order chi connectivity index (χ0) is 16.5. The number of esters is 1. The molecule has 2 aromatic heterocycles. The van der Waals surface area contributed by atoms with E-state index in [0.29, 0.717) is 24.3 Å². The van der Waals surface area contributed by atoms with Gasteiger partial charge in [0.15, 0.2) is 5.65 Å². The summed E-state index contributed by atoms with van der Waals surface area (Å²) in [6.45, 7) is 0.972.